The summed E-state index contributed by atoms with van der Waals surface area (Å²) in [5, 5.41) is 0. The lowest BCUT2D eigenvalue weighted by atomic mass is 9.60. The van der Waals surface area contributed by atoms with Gasteiger partial charge in [0.1, 0.15) is 0 Å². The molecule has 1 atom stereocenters. The van der Waals surface area contributed by atoms with Crippen LogP contribution in [0.4, 0.5) is 5.95 Å². The third-order valence-electron chi connectivity index (χ3n) is 8.17. The number of aromatic nitrogens is 2. The number of carbonyl (C=O) groups excluding carboxylic acids is 2. The predicted octanol–water partition coefficient (Wildman–Crippen LogP) is 3.07. The zero-order valence-corrected chi connectivity index (χ0v) is 19.9. The molecule has 0 aliphatic carbocycles. The molecule has 7 heteroatoms. The number of rotatable bonds is 3. The molecule has 2 aromatic rings. The number of benzene rings is 1. The van der Waals surface area contributed by atoms with Gasteiger partial charge in [0.25, 0.3) is 5.91 Å². The lowest BCUT2D eigenvalue weighted by Crippen LogP contribution is -2.53. The number of hydrogen-bond acceptors (Lipinski definition) is 5. The Morgan fingerprint density at radius 3 is 2.24 bits per heavy atom. The van der Waals surface area contributed by atoms with E-state index in [-0.39, 0.29) is 17.2 Å². The van der Waals surface area contributed by atoms with E-state index in [4.69, 9.17) is 0 Å². The van der Waals surface area contributed by atoms with Gasteiger partial charge in [-0.3, -0.25) is 9.59 Å². The molecule has 1 aromatic heterocycles. The molecule has 5 rings (SSSR count). The topological polar surface area (TPSA) is 69.6 Å². The first kappa shape index (κ1) is 21.9. The van der Waals surface area contributed by atoms with Crippen molar-refractivity contribution in [3.8, 4) is 0 Å². The van der Waals surface area contributed by atoms with Crippen LogP contribution in [-0.2, 0) is 4.79 Å². The second kappa shape index (κ2) is 8.12. The van der Waals surface area contributed by atoms with Crippen molar-refractivity contribution in [2.24, 2.45) is 10.8 Å². The molecular formula is C26H33N5O2. The van der Waals surface area contributed by atoms with Crippen molar-refractivity contribution in [3.05, 3.63) is 53.3 Å². The van der Waals surface area contributed by atoms with Crippen LogP contribution in [0.15, 0.2) is 36.7 Å². The average molecular weight is 448 g/mol. The summed E-state index contributed by atoms with van der Waals surface area (Å²) < 4.78 is 0. The molecular weight excluding hydrogens is 414 g/mol. The fourth-order valence-corrected chi connectivity index (χ4v) is 6.49. The molecule has 3 aliphatic rings. The first-order chi connectivity index (χ1) is 15.9. The molecule has 3 fully saturated rings. The number of likely N-dealkylation sites (tertiary alicyclic amines) is 2. The Kier molecular flexibility index (Phi) is 5.38. The second-order valence-corrected chi connectivity index (χ2v) is 10.1. The summed E-state index contributed by atoms with van der Waals surface area (Å²) in [5.74, 6) is 1.07. The number of piperidine rings is 1. The van der Waals surface area contributed by atoms with Crippen molar-refractivity contribution in [2.45, 2.75) is 40.0 Å². The van der Waals surface area contributed by atoms with Gasteiger partial charge in [0.05, 0.1) is 5.41 Å². The van der Waals surface area contributed by atoms with Crippen molar-refractivity contribution in [2.75, 3.05) is 44.2 Å². The Hall–Kier alpha value is -2.96. The summed E-state index contributed by atoms with van der Waals surface area (Å²) in [6.07, 6.45) is 6.06. The fourth-order valence-electron chi connectivity index (χ4n) is 6.49. The maximum Gasteiger partial charge on any atom is 0.253 e. The second-order valence-electron chi connectivity index (χ2n) is 10.1. The summed E-state index contributed by atoms with van der Waals surface area (Å²) in [6, 6.07) is 7.87. The molecule has 2 amide bonds. The Morgan fingerprint density at radius 1 is 0.970 bits per heavy atom. The van der Waals surface area contributed by atoms with Crippen LogP contribution in [0.2, 0.25) is 0 Å². The molecule has 0 saturated carbocycles. The first-order valence-electron chi connectivity index (χ1n) is 12.1. The van der Waals surface area contributed by atoms with Crippen LogP contribution in [0.25, 0.3) is 0 Å². The van der Waals surface area contributed by atoms with E-state index >= 15 is 0 Å². The number of amides is 2. The molecule has 0 unspecified atom stereocenters. The standard InChI is InChI=1S/C26H33N5O2/c1-4-29-13-8-26(23(29)33)18-31(24-27-9-5-10-28-24)17-25(26)6-11-30(12-7-25)22(32)21-15-19(2)14-20(3)16-21/h5,9-10,14-16H,4,6-8,11-13,17-18H2,1-3H3/t26-/m1/s1. The summed E-state index contributed by atoms with van der Waals surface area (Å²) in [4.78, 5) is 42.1. The van der Waals surface area contributed by atoms with E-state index in [9.17, 15) is 9.59 Å². The highest BCUT2D eigenvalue weighted by Gasteiger charge is 2.65. The van der Waals surface area contributed by atoms with E-state index in [1.807, 2.05) is 41.8 Å². The molecule has 0 bridgehead atoms. The lowest BCUT2D eigenvalue weighted by Gasteiger charge is -2.46. The van der Waals surface area contributed by atoms with Gasteiger partial charge < -0.3 is 14.7 Å². The van der Waals surface area contributed by atoms with Crippen LogP contribution >= 0.6 is 0 Å². The van der Waals surface area contributed by atoms with E-state index in [2.05, 4.69) is 27.9 Å². The van der Waals surface area contributed by atoms with Crippen molar-refractivity contribution in [1.82, 2.24) is 19.8 Å². The van der Waals surface area contributed by atoms with Crippen molar-refractivity contribution < 1.29 is 9.59 Å². The highest BCUT2D eigenvalue weighted by molar-refractivity contribution is 5.95. The average Bonchev–Trinajstić information content (AvgIpc) is 3.31. The van der Waals surface area contributed by atoms with Crippen molar-refractivity contribution in [3.63, 3.8) is 0 Å². The Balaban J connectivity index is 1.41. The van der Waals surface area contributed by atoms with E-state index in [0.717, 1.165) is 55.6 Å². The van der Waals surface area contributed by atoms with Gasteiger partial charge in [0.15, 0.2) is 0 Å². The molecule has 3 saturated heterocycles. The SMILES string of the molecule is CCN1CC[C@@]2(CN(c3ncccn3)CC23CCN(C(=O)c2cc(C)cc(C)c2)CC3)C1=O. The van der Waals surface area contributed by atoms with Gasteiger partial charge in [0.2, 0.25) is 11.9 Å². The minimum atomic E-state index is -0.419. The number of anilines is 1. The molecule has 0 N–H and O–H groups in total. The van der Waals surface area contributed by atoms with E-state index < -0.39 is 5.41 Å². The monoisotopic (exact) mass is 447 g/mol. The number of carbonyl (C=O) groups is 2. The van der Waals surface area contributed by atoms with Crippen LogP contribution in [-0.4, -0.2) is 70.9 Å². The van der Waals surface area contributed by atoms with Gasteiger partial charge in [0, 0.05) is 62.6 Å². The molecule has 174 valence electrons. The van der Waals surface area contributed by atoms with Gasteiger partial charge in [-0.25, -0.2) is 9.97 Å². The smallest absolute Gasteiger partial charge is 0.253 e. The highest BCUT2D eigenvalue weighted by Crippen LogP contribution is 2.58. The minimum absolute atomic E-state index is 0.0971. The van der Waals surface area contributed by atoms with Gasteiger partial charge in [-0.15, -0.1) is 0 Å². The zero-order valence-electron chi connectivity index (χ0n) is 19.9. The third-order valence-corrected chi connectivity index (χ3v) is 8.17. The van der Waals surface area contributed by atoms with Crippen molar-refractivity contribution in [1.29, 1.82) is 0 Å². The Bertz CT molecular complexity index is 1040. The molecule has 4 heterocycles. The minimum Gasteiger partial charge on any atom is -0.342 e. The maximum absolute atomic E-state index is 13.7. The number of hydrogen-bond donors (Lipinski definition) is 0. The predicted molar refractivity (Wildman–Crippen MR) is 127 cm³/mol. The van der Waals surface area contributed by atoms with Crippen LogP contribution in [0, 0.1) is 24.7 Å². The van der Waals surface area contributed by atoms with Gasteiger partial charge >= 0.3 is 0 Å². The maximum atomic E-state index is 13.7. The van der Waals surface area contributed by atoms with Crippen LogP contribution < -0.4 is 4.90 Å². The van der Waals surface area contributed by atoms with E-state index in [1.165, 1.54) is 0 Å². The molecule has 7 nitrogen and oxygen atoms in total. The van der Waals surface area contributed by atoms with Crippen LogP contribution in [0.5, 0.6) is 0 Å². The Labute approximate surface area is 195 Å². The van der Waals surface area contributed by atoms with Gasteiger partial charge in [-0.2, -0.15) is 0 Å². The van der Waals surface area contributed by atoms with Gasteiger partial charge in [-0.1, -0.05) is 17.2 Å². The van der Waals surface area contributed by atoms with Crippen LogP contribution in [0.3, 0.4) is 0 Å². The van der Waals surface area contributed by atoms with E-state index in [1.54, 1.807) is 12.4 Å². The van der Waals surface area contributed by atoms with Crippen molar-refractivity contribution >= 4 is 17.8 Å². The van der Waals surface area contributed by atoms with Crippen LogP contribution in [0.1, 0.15) is 47.7 Å². The third kappa shape index (κ3) is 3.49. The number of fused-ring (bicyclic) bond motifs is 1. The summed E-state index contributed by atoms with van der Waals surface area (Å²) in [5.41, 5.74) is 2.40. The molecule has 1 aromatic carbocycles. The summed E-state index contributed by atoms with van der Waals surface area (Å²) in [7, 11) is 0. The number of aryl methyl sites for hydroxylation is 2. The summed E-state index contributed by atoms with van der Waals surface area (Å²) >= 11 is 0. The fraction of sp³-hybridized carbons (Fsp3) is 0.538. The zero-order chi connectivity index (χ0) is 23.2. The normalized spacial score (nSPS) is 24.3. The quantitative estimate of drug-likeness (QED) is 0.723. The largest absolute Gasteiger partial charge is 0.342 e. The summed E-state index contributed by atoms with van der Waals surface area (Å²) in [6.45, 7) is 10.5. The molecule has 0 radical (unpaired) electrons. The lowest BCUT2D eigenvalue weighted by molar-refractivity contribution is -0.141. The van der Waals surface area contributed by atoms with Gasteiger partial charge in [-0.05, 0) is 58.2 Å². The highest BCUT2D eigenvalue weighted by atomic mass is 16.2. The molecule has 2 spiro atoms. The molecule has 33 heavy (non-hydrogen) atoms. The van der Waals surface area contributed by atoms with E-state index in [0.29, 0.717) is 25.6 Å². The number of nitrogens with zero attached hydrogens (tertiary/aromatic N) is 5. The first-order valence-corrected chi connectivity index (χ1v) is 12.1. The molecule has 3 aliphatic heterocycles. The Morgan fingerprint density at radius 2 is 1.64 bits per heavy atom.